The van der Waals surface area contributed by atoms with Gasteiger partial charge in [-0.2, -0.15) is 0 Å². The number of carbonyl (C=O) groups excluding carboxylic acids is 1. The van der Waals surface area contributed by atoms with Gasteiger partial charge in [-0.3, -0.25) is 0 Å². The molecule has 0 aromatic carbocycles. The van der Waals surface area contributed by atoms with E-state index >= 15 is 0 Å². The van der Waals surface area contributed by atoms with Crippen molar-refractivity contribution in [2.45, 2.75) is 6.92 Å². The van der Waals surface area contributed by atoms with E-state index in [1.54, 1.807) is 6.07 Å². The van der Waals surface area contributed by atoms with Crippen LogP contribution < -0.4 is 4.74 Å². The number of fused-ring (bicyclic) bond motifs is 2. The van der Waals surface area contributed by atoms with Gasteiger partial charge in [-0.15, -0.1) is 0 Å². The van der Waals surface area contributed by atoms with Crippen LogP contribution in [-0.2, 0) is 4.79 Å². The van der Waals surface area contributed by atoms with Crippen molar-refractivity contribution in [3.05, 3.63) is 30.4 Å². The van der Waals surface area contributed by atoms with Crippen LogP contribution in [0.2, 0.25) is 0 Å². The summed E-state index contributed by atoms with van der Waals surface area (Å²) < 4.78 is 10.2. The first-order valence-corrected chi connectivity index (χ1v) is 3.87. The van der Waals surface area contributed by atoms with E-state index in [-0.39, 0.29) is 0 Å². The molecule has 13 heavy (non-hydrogen) atoms. The van der Waals surface area contributed by atoms with Gasteiger partial charge in [0.15, 0.2) is 11.3 Å². The van der Waals surface area contributed by atoms with Crippen LogP contribution in [0.1, 0.15) is 5.56 Å². The molecule has 0 amide bonds. The molecule has 2 aromatic rings. The third-order valence-electron chi connectivity index (χ3n) is 1.81. The lowest BCUT2D eigenvalue weighted by atomic mass is 10.2. The second-order valence-electron chi connectivity index (χ2n) is 2.79. The molecule has 0 aliphatic rings. The lowest BCUT2D eigenvalue weighted by Gasteiger charge is -1.97. The third-order valence-corrected chi connectivity index (χ3v) is 1.81. The molecule has 0 aliphatic heterocycles. The van der Waals surface area contributed by atoms with E-state index in [2.05, 4.69) is 6.58 Å². The summed E-state index contributed by atoms with van der Waals surface area (Å²) in [5.74, 6) is 0.00296. The minimum Gasteiger partial charge on any atom is -0.453 e. The van der Waals surface area contributed by atoms with E-state index in [4.69, 9.17) is 9.15 Å². The minimum atomic E-state index is -0.469. The van der Waals surface area contributed by atoms with Gasteiger partial charge in [-0.1, -0.05) is 6.58 Å². The molecule has 2 rings (SSSR count). The molecule has 0 N–H and O–H groups in total. The zero-order chi connectivity index (χ0) is 9.42. The van der Waals surface area contributed by atoms with E-state index in [0.29, 0.717) is 11.3 Å². The molecule has 0 saturated heterocycles. The molecule has 0 aliphatic carbocycles. The van der Waals surface area contributed by atoms with Crippen LogP contribution in [0.4, 0.5) is 0 Å². The fourth-order valence-corrected chi connectivity index (χ4v) is 1.24. The Morgan fingerprint density at radius 1 is 1.62 bits per heavy atom. The van der Waals surface area contributed by atoms with Crippen molar-refractivity contribution in [1.82, 2.24) is 0 Å². The molecule has 0 saturated carbocycles. The Balaban J connectivity index is 2.37. The number of hydrogen-bond acceptors (Lipinski definition) is 3. The number of ether oxygens (including phenoxy) is 1. The second kappa shape index (κ2) is 2.62. The van der Waals surface area contributed by atoms with Crippen molar-refractivity contribution < 1.29 is 13.9 Å². The Kier molecular flexibility index (Phi) is 1.59. The molecule has 0 unspecified atom stereocenters. The van der Waals surface area contributed by atoms with Gasteiger partial charge in [0.1, 0.15) is 5.58 Å². The van der Waals surface area contributed by atoms with Crippen LogP contribution in [0.3, 0.4) is 0 Å². The van der Waals surface area contributed by atoms with Gasteiger partial charge in [0.2, 0.25) is 0 Å². The van der Waals surface area contributed by atoms with Crippen LogP contribution in [0.15, 0.2) is 29.2 Å². The van der Waals surface area contributed by atoms with Crippen molar-refractivity contribution in [1.29, 1.82) is 0 Å². The summed E-state index contributed by atoms with van der Waals surface area (Å²) >= 11 is 0. The highest BCUT2D eigenvalue weighted by Gasteiger charge is 2.13. The number of aryl methyl sites for hydroxylation is 1. The van der Waals surface area contributed by atoms with Crippen LogP contribution in [0, 0.1) is 6.92 Å². The van der Waals surface area contributed by atoms with Gasteiger partial charge >= 0.3 is 5.97 Å². The monoisotopic (exact) mass is 176 g/mol. The first-order valence-electron chi connectivity index (χ1n) is 3.87. The molecule has 0 spiro atoms. The summed E-state index contributed by atoms with van der Waals surface area (Å²) in [5.41, 5.74) is 2.33. The summed E-state index contributed by atoms with van der Waals surface area (Å²) in [6.45, 7) is 5.21. The van der Waals surface area contributed by atoms with Crippen molar-refractivity contribution in [3.8, 4) is 5.75 Å². The summed E-state index contributed by atoms with van der Waals surface area (Å²) in [6, 6.07) is 3.57. The fourth-order valence-electron chi connectivity index (χ4n) is 1.24. The van der Waals surface area contributed by atoms with E-state index in [0.717, 1.165) is 17.2 Å². The number of furan rings is 2. The fraction of sp³-hybridized carbons (Fsp3) is 0.100. The Bertz CT molecular complexity index is 453. The van der Waals surface area contributed by atoms with Gasteiger partial charge in [-0.05, 0) is 18.6 Å². The predicted octanol–water partition coefficient (Wildman–Crippen LogP) is 2.27. The van der Waals surface area contributed by atoms with Crippen molar-refractivity contribution in [3.63, 3.8) is 0 Å². The lowest BCUT2D eigenvalue weighted by Crippen LogP contribution is -2.02. The highest BCUT2D eigenvalue weighted by atomic mass is 16.5. The third kappa shape index (κ3) is 1.18. The van der Waals surface area contributed by atoms with Gasteiger partial charge in [-0.25, -0.2) is 4.79 Å². The van der Waals surface area contributed by atoms with Crippen molar-refractivity contribution in [2.75, 3.05) is 0 Å². The average molecular weight is 176 g/mol. The molecule has 3 heteroatoms. The topological polar surface area (TPSA) is 39.4 Å². The summed E-state index contributed by atoms with van der Waals surface area (Å²) in [6.07, 6.45) is 1.12. The van der Waals surface area contributed by atoms with Crippen LogP contribution in [-0.4, -0.2) is 5.97 Å². The molecular weight excluding hydrogens is 168 g/mol. The molecule has 0 fully saturated rings. The minimum absolute atomic E-state index is 0.469. The Hall–Kier alpha value is -1.77. The molecule has 0 radical (unpaired) electrons. The maximum Gasteiger partial charge on any atom is 0.335 e. The number of rotatable bonds is 2. The maximum absolute atomic E-state index is 10.9. The standard InChI is InChI=1S/C10H8O3/c1-3-9(11)13-8-5-7-4-6(2)10(8)12-7/h3-5H,1H2,2H3. The number of hydrogen-bond donors (Lipinski definition) is 0. The van der Waals surface area contributed by atoms with Gasteiger partial charge in [0.25, 0.3) is 0 Å². The average Bonchev–Trinajstić information content (AvgIpc) is 2.62. The SMILES string of the molecule is C=CC(=O)Oc1cc2cc(C)c1o2. The molecule has 0 atom stereocenters. The Labute approximate surface area is 74.9 Å². The van der Waals surface area contributed by atoms with Crippen molar-refractivity contribution in [2.24, 2.45) is 0 Å². The highest BCUT2D eigenvalue weighted by molar-refractivity contribution is 5.86. The summed E-state index contributed by atoms with van der Waals surface area (Å²) in [4.78, 5) is 10.9. The number of benzene rings is 1. The summed E-state index contributed by atoms with van der Waals surface area (Å²) in [5, 5.41) is 0. The van der Waals surface area contributed by atoms with E-state index < -0.39 is 5.97 Å². The lowest BCUT2D eigenvalue weighted by molar-refractivity contribution is -0.128. The first-order chi connectivity index (χ1) is 6.20. The zero-order valence-corrected chi connectivity index (χ0v) is 7.16. The maximum atomic E-state index is 10.9. The van der Waals surface area contributed by atoms with Gasteiger partial charge < -0.3 is 9.15 Å². The van der Waals surface area contributed by atoms with Gasteiger partial charge in [0, 0.05) is 12.1 Å². The van der Waals surface area contributed by atoms with E-state index in [1.807, 2.05) is 13.0 Å². The first kappa shape index (κ1) is 7.86. The normalized spacial score (nSPS) is 10.5. The molecule has 2 heterocycles. The number of esters is 1. The molecular formula is C10H8O3. The Morgan fingerprint density at radius 2 is 2.38 bits per heavy atom. The molecule has 2 bridgehead atoms. The zero-order valence-electron chi connectivity index (χ0n) is 7.16. The van der Waals surface area contributed by atoms with Crippen LogP contribution >= 0.6 is 0 Å². The van der Waals surface area contributed by atoms with Crippen LogP contribution in [0.25, 0.3) is 11.2 Å². The molecule has 66 valence electrons. The van der Waals surface area contributed by atoms with Crippen molar-refractivity contribution >= 4 is 17.1 Å². The quantitative estimate of drug-likeness (QED) is 0.400. The largest absolute Gasteiger partial charge is 0.453 e. The van der Waals surface area contributed by atoms with E-state index in [9.17, 15) is 4.79 Å². The second-order valence-corrected chi connectivity index (χ2v) is 2.79. The van der Waals surface area contributed by atoms with Gasteiger partial charge in [0.05, 0.1) is 0 Å². The highest BCUT2D eigenvalue weighted by Crippen LogP contribution is 2.32. The molecule has 2 aromatic heterocycles. The Morgan fingerprint density at radius 3 is 2.92 bits per heavy atom. The van der Waals surface area contributed by atoms with Crippen LogP contribution in [0.5, 0.6) is 5.75 Å². The molecule has 3 nitrogen and oxygen atoms in total. The summed E-state index contributed by atoms with van der Waals surface area (Å²) in [7, 11) is 0. The number of carbonyl (C=O) groups is 1. The smallest absolute Gasteiger partial charge is 0.335 e. The predicted molar refractivity (Wildman–Crippen MR) is 48.0 cm³/mol. The van der Waals surface area contributed by atoms with E-state index in [1.165, 1.54) is 0 Å².